The number of nitrogens with one attached hydrogen (secondary N) is 2. The minimum Gasteiger partial charge on any atom is -0.465 e. The molecule has 0 unspecified atom stereocenters. The molecule has 1 atom stereocenters. The van der Waals surface area contributed by atoms with Gasteiger partial charge in [-0.3, -0.25) is 9.78 Å². The molecule has 0 spiro atoms. The zero-order valence-electron chi connectivity index (χ0n) is 22.4. The van der Waals surface area contributed by atoms with Gasteiger partial charge >= 0.3 is 6.09 Å². The lowest BCUT2D eigenvalue weighted by atomic mass is 9.79. The maximum atomic E-state index is 14.3. The highest BCUT2D eigenvalue weighted by atomic mass is 19.3. The van der Waals surface area contributed by atoms with Crippen molar-refractivity contribution in [2.24, 2.45) is 5.92 Å². The highest BCUT2D eigenvalue weighted by Gasteiger charge is 2.34. The minimum absolute atomic E-state index is 0.0336. The number of rotatable bonds is 11. The molecule has 0 bridgehead atoms. The number of aliphatic hydroxyl groups is 1. The van der Waals surface area contributed by atoms with E-state index in [-0.39, 0.29) is 24.1 Å². The molecule has 1 fully saturated rings. The molecular formula is C27H30F3N7O4. The number of carbonyl (C=O) groups is 2. The highest BCUT2D eigenvalue weighted by molar-refractivity contribution is 6.00. The summed E-state index contributed by atoms with van der Waals surface area (Å²) in [5.74, 6) is -0.770. The highest BCUT2D eigenvalue weighted by Crippen LogP contribution is 2.33. The number of pyridine rings is 1. The van der Waals surface area contributed by atoms with Crippen molar-refractivity contribution in [3.63, 3.8) is 0 Å². The summed E-state index contributed by atoms with van der Waals surface area (Å²) in [7, 11) is 0. The maximum absolute atomic E-state index is 14.3. The van der Waals surface area contributed by atoms with E-state index in [2.05, 4.69) is 20.7 Å². The van der Waals surface area contributed by atoms with Gasteiger partial charge in [-0.05, 0) is 56.9 Å². The first-order valence-electron chi connectivity index (χ1n) is 12.9. The number of carbonyl (C=O) groups excluding carboxylic acids is 1. The number of anilines is 1. The second-order valence-electron chi connectivity index (χ2n) is 10.6. The van der Waals surface area contributed by atoms with Crippen LogP contribution in [0.5, 0.6) is 0 Å². The summed E-state index contributed by atoms with van der Waals surface area (Å²) in [5, 5.41) is 38.2. The Hall–Kier alpha value is -4.38. The molecule has 3 aromatic rings. The number of hydrogen-bond acceptors (Lipinski definition) is 7. The maximum Gasteiger partial charge on any atom is 0.407 e. The van der Waals surface area contributed by atoms with E-state index < -0.39 is 43.3 Å². The Labute approximate surface area is 233 Å². The molecule has 3 aromatic heterocycles. The van der Waals surface area contributed by atoms with Crippen molar-refractivity contribution in [2.45, 2.75) is 50.9 Å². The SMILES string of the molecule is CC(C)(O)[C@H](F)CNC(=O)c1cnc(-c2ccc3cc(C#N)cnn23)cc1NC1CC(CN(CC(F)F)C(=O)O)C1. The van der Waals surface area contributed by atoms with E-state index in [1.165, 1.54) is 26.2 Å². The molecule has 4 N–H and O–H groups in total. The molecule has 2 amide bonds. The fourth-order valence-electron chi connectivity index (χ4n) is 4.61. The van der Waals surface area contributed by atoms with E-state index >= 15 is 0 Å². The average Bonchev–Trinajstić information content (AvgIpc) is 3.31. The Balaban J connectivity index is 1.56. The molecule has 1 aliphatic carbocycles. The van der Waals surface area contributed by atoms with E-state index in [1.807, 2.05) is 6.07 Å². The molecule has 1 aliphatic rings. The van der Waals surface area contributed by atoms with Crippen molar-refractivity contribution in [3.05, 3.63) is 47.8 Å². The summed E-state index contributed by atoms with van der Waals surface area (Å²) in [5.41, 5.74) is 0.918. The predicted octanol–water partition coefficient (Wildman–Crippen LogP) is 3.54. The Kier molecular flexibility index (Phi) is 8.67. The number of fused-ring (bicyclic) bond motifs is 1. The molecule has 0 radical (unpaired) electrons. The van der Waals surface area contributed by atoms with E-state index in [1.54, 1.807) is 28.8 Å². The average molecular weight is 574 g/mol. The van der Waals surface area contributed by atoms with Gasteiger partial charge in [0, 0.05) is 18.8 Å². The number of alkyl halides is 3. The van der Waals surface area contributed by atoms with E-state index in [0.717, 1.165) is 0 Å². The van der Waals surface area contributed by atoms with Crippen LogP contribution >= 0.6 is 0 Å². The molecule has 0 aromatic carbocycles. The van der Waals surface area contributed by atoms with E-state index in [0.29, 0.717) is 45.9 Å². The van der Waals surface area contributed by atoms with Crippen molar-refractivity contribution >= 4 is 23.2 Å². The first-order chi connectivity index (χ1) is 19.3. The first-order valence-corrected chi connectivity index (χ1v) is 12.9. The van der Waals surface area contributed by atoms with Gasteiger partial charge in [-0.15, -0.1) is 0 Å². The van der Waals surface area contributed by atoms with Crippen LogP contribution in [-0.4, -0.2) is 85.6 Å². The number of amides is 2. The molecule has 0 saturated heterocycles. The summed E-state index contributed by atoms with van der Waals surface area (Å²) in [4.78, 5) is 29.4. The van der Waals surface area contributed by atoms with Crippen LogP contribution in [0.15, 0.2) is 36.7 Å². The standard InChI is InChI=1S/C27H30F3N7O4/c1-27(2,41)23(28)12-33-25(38)19-11-32-21(22-4-3-18-7-16(9-31)10-34-37(18)22)8-20(19)35-17-5-15(6-17)13-36(26(39)40)14-24(29)30/h3-4,7-8,10-11,15,17,23-24,41H,5-6,12-14H2,1-2H3,(H,32,35)(H,33,38)(H,39,40)/t15?,17?,23-/m1/s1. The zero-order chi connectivity index (χ0) is 29.9. The zero-order valence-corrected chi connectivity index (χ0v) is 22.4. The Morgan fingerprint density at radius 2 is 1.98 bits per heavy atom. The van der Waals surface area contributed by atoms with Gasteiger partial charge in [0.2, 0.25) is 0 Å². The van der Waals surface area contributed by atoms with Gasteiger partial charge in [0.15, 0.2) is 0 Å². The van der Waals surface area contributed by atoms with Crippen LogP contribution in [0.3, 0.4) is 0 Å². The summed E-state index contributed by atoms with van der Waals surface area (Å²) in [6.07, 6.45) is -2.21. The molecule has 218 valence electrons. The summed E-state index contributed by atoms with van der Waals surface area (Å²) >= 11 is 0. The fraction of sp³-hybridized carbons (Fsp3) is 0.444. The Morgan fingerprint density at radius 1 is 1.24 bits per heavy atom. The van der Waals surface area contributed by atoms with Crippen LogP contribution in [0, 0.1) is 17.2 Å². The predicted molar refractivity (Wildman–Crippen MR) is 142 cm³/mol. The van der Waals surface area contributed by atoms with E-state index in [9.17, 15) is 33.0 Å². The molecule has 11 nitrogen and oxygen atoms in total. The summed E-state index contributed by atoms with van der Waals surface area (Å²) in [6, 6.07) is 8.66. The first kappa shape index (κ1) is 29.6. The lowest BCUT2D eigenvalue weighted by Gasteiger charge is -2.39. The number of nitrogens with zero attached hydrogens (tertiary/aromatic N) is 5. The Bertz CT molecular complexity index is 1460. The van der Waals surface area contributed by atoms with Gasteiger partial charge < -0.3 is 25.7 Å². The van der Waals surface area contributed by atoms with Crippen molar-refractivity contribution in [1.82, 2.24) is 24.8 Å². The van der Waals surface area contributed by atoms with Gasteiger partial charge in [0.1, 0.15) is 12.2 Å². The molecule has 41 heavy (non-hydrogen) atoms. The smallest absolute Gasteiger partial charge is 0.407 e. The van der Waals surface area contributed by atoms with Crippen molar-refractivity contribution in [2.75, 3.05) is 25.0 Å². The third-order valence-electron chi connectivity index (χ3n) is 6.95. The van der Waals surface area contributed by atoms with Gasteiger partial charge in [0.25, 0.3) is 12.3 Å². The van der Waals surface area contributed by atoms with Crippen LogP contribution in [0.2, 0.25) is 0 Å². The number of nitriles is 1. The molecule has 1 saturated carbocycles. The van der Waals surface area contributed by atoms with Crippen LogP contribution < -0.4 is 10.6 Å². The van der Waals surface area contributed by atoms with Gasteiger partial charge in [-0.2, -0.15) is 10.4 Å². The van der Waals surface area contributed by atoms with Crippen molar-refractivity contribution < 1.29 is 33.0 Å². The molecule has 14 heteroatoms. The number of aromatic nitrogens is 3. The molecule has 3 heterocycles. The number of halogens is 3. The van der Waals surface area contributed by atoms with Gasteiger partial charge in [-0.1, -0.05) is 0 Å². The third-order valence-corrected chi connectivity index (χ3v) is 6.95. The van der Waals surface area contributed by atoms with Crippen molar-refractivity contribution in [3.8, 4) is 17.5 Å². The number of hydrogen-bond donors (Lipinski definition) is 4. The lowest BCUT2D eigenvalue weighted by Crippen LogP contribution is -2.45. The quantitative estimate of drug-likeness (QED) is 0.271. The molecule has 4 rings (SSSR count). The second kappa shape index (κ2) is 12.0. The van der Waals surface area contributed by atoms with Crippen molar-refractivity contribution in [1.29, 1.82) is 5.26 Å². The van der Waals surface area contributed by atoms with E-state index in [4.69, 9.17) is 5.26 Å². The van der Waals surface area contributed by atoms with Crippen LogP contribution in [0.4, 0.5) is 23.7 Å². The molecular weight excluding hydrogens is 543 g/mol. The van der Waals surface area contributed by atoms with Crippen LogP contribution in [-0.2, 0) is 0 Å². The lowest BCUT2D eigenvalue weighted by molar-refractivity contribution is -0.00178. The monoisotopic (exact) mass is 573 g/mol. The minimum atomic E-state index is -2.78. The van der Waals surface area contributed by atoms with Crippen LogP contribution in [0.25, 0.3) is 16.9 Å². The molecule has 0 aliphatic heterocycles. The number of carboxylic acid groups (broad SMARTS) is 1. The summed E-state index contributed by atoms with van der Waals surface area (Å²) < 4.78 is 41.4. The topological polar surface area (TPSA) is 156 Å². The fourth-order valence-corrected chi connectivity index (χ4v) is 4.61. The van der Waals surface area contributed by atoms with Crippen LogP contribution in [0.1, 0.15) is 42.6 Å². The van der Waals surface area contributed by atoms with Gasteiger partial charge in [-0.25, -0.2) is 22.5 Å². The third kappa shape index (κ3) is 7.04. The summed E-state index contributed by atoms with van der Waals surface area (Å²) in [6.45, 7) is 1.26. The second-order valence-corrected chi connectivity index (χ2v) is 10.6. The normalized spacial score (nSPS) is 17.5. The Morgan fingerprint density at radius 3 is 2.61 bits per heavy atom. The van der Waals surface area contributed by atoms with Gasteiger partial charge in [0.05, 0.1) is 58.6 Å². The largest absolute Gasteiger partial charge is 0.465 e.